The third-order valence-corrected chi connectivity index (χ3v) is 8.20. The average Bonchev–Trinajstić information content (AvgIpc) is 2.94. The van der Waals surface area contributed by atoms with Crippen LogP contribution >= 0.6 is 0 Å². The Balaban J connectivity index is 1.61. The molecule has 9 nitrogen and oxygen atoms in total. The maximum absolute atomic E-state index is 15.2. The van der Waals surface area contributed by atoms with Gasteiger partial charge in [-0.1, -0.05) is 6.07 Å². The van der Waals surface area contributed by atoms with E-state index in [-0.39, 0.29) is 41.7 Å². The predicted octanol–water partition coefficient (Wildman–Crippen LogP) is 4.09. The first kappa shape index (κ1) is 28.1. The van der Waals surface area contributed by atoms with Crippen molar-refractivity contribution in [2.45, 2.75) is 71.7 Å². The zero-order chi connectivity index (χ0) is 28.6. The Morgan fingerprint density at radius 2 is 2.08 bits per heavy atom. The number of aliphatic hydroxyl groups is 1. The Labute approximate surface area is 233 Å². The first-order valence-corrected chi connectivity index (χ1v) is 14.0. The summed E-state index contributed by atoms with van der Waals surface area (Å²) in [6.07, 6.45) is 2.87. The van der Waals surface area contributed by atoms with Gasteiger partial charge in [0, 0.05) is 47.9 Å². The van der Waals surface area contributed by atoms with Gasteiger partial charge in [0.05, 0.1) is 42.5 Å². The molecule has 5 rings (SSSR count). The number of halogens is 1. The van der Waals surface area contributed by atoms with Crippen molar-refractivity contribution in [3.63, 3.8) is 0 Å². The molecular weight excluding hydrogens is 511 g/mol. The number of nitriles is 1. The van der Waals surface area contributed by atoms with Gasteiger partial charge in [-0.2, -0.15) is 5.26 Å². The molecule has 212 valence electrons. The van der Waals surface area contributed by atoms with E-state index in [4.69, 9.17) is 4.74 Å². The van der Waals surface area contributed by atoms with Crippen LogP contribution in [-0.2, 0) is 11.3 Å². The number of nitrogens with zero attached hydrogens (tertiary/aromatic N) is 5. The summed E-state index contributed by atoms with van der Waals surface area (Å²) in [5, 5.41) is 23.5. The number of hydrogen-bond acceptors (Lipinski definition) is 8. The fourth-order valence-electron chi connectivity index (χ4n) is 6.06. The summed E-state index contributed by atoms with van der Waals surface area (Å²) in [5.74, 6) is -0.347. The van der Waals surface area contributed by atoms with Crippen molar-refractivity contribution in [2.75, 3.05) is 31.6 Å². The fourth-order valence-corrected chi connectivity index (χ4v) is 6.06. The average molecular weight is 549 g/mol. The number of likely N-dealkylation sites (tertiary alicyclic amines) is 1. The van der Waals surface area contributed by atoms with E-state index in [0.717, 1.165) is 42.4 Å². The van der Waals surface area contributed by atoms with E-state index in [1.54, 1.807) is 12.1 Å². The minimum absolute atomic E-state index is 0.00660. The van der Waals surface area contributed by atoms with Gasteiger partial charge in [-0.25, -0.2) is 14.4 Å². The first-order chi connectivity index (χ1) is 19.2. The molecule has 2 fully saturated rings. The van der Waals surface area contributed by atoms with Gasteiger partial charge in [0.25, 0.3) is 0 Å². The monoisotopic (exact) mass is 548 g/mol. The number of benzene rings is 1. The molecule has 0 radical (unpaired) electrons. The summed E-state index contributed by atoms with van der Waals surface area (Å²) in [6.45, 7) is 10.8. The number of fused-ring (bicyclic) bond motifs is 1. The van der Waals surface area contributed by atoms with Gasteiger partial charge in [-0.05, 0) is 65.1 Å². The number of aromatic nitrogens is 3. The molecule has 3 atom stereocenters. The molecule has 0 aliphatic carbocycles. The molecule has 2 aliphatic heterocycles. The van der Waals surface area contributed by atoms with Crippen LogP contribution in [0.2, 0.25) is 0 Å². The maximum atomic E-state index is 15.2. The van der Waals surface area contributed by atoms with Crippen LogP contribution in [0.25, 0.3) is 22.2 Å². The lowest BCUT2D eigenvalue weighted by Crippen LogP contribution is -2.42. The molecule has 0 spiro atoms. The Morgan fingerprint density at radius 3 is 2.80 bits per heavy atom. The number of hydrogen-bond donors (Lipinski definition) is 2. The molecule has 3 aromatic rings. The molecule has 40 heavy (non-hydrogen) atoms. The van der Waals surface area contributed by atoms with Crippen LogP contribution in [0.4, 0.5) is 10.3 Å². The second kappa shape index (κ2) is 11.6. The Bertz CT molecular complexity index is 1510. The van der Waals surface area contributed by atoms with E-state index < -0.39 is 11.9 Å². The third kappa shape index (κ3) is 5.33. The highest BCUT2D eigenvalue weighted by Crippen LogP contribution is 2.33. The highest BCUT2D eigenvalue weighted by molar-refractivity contribution is 5.89. The van der Waals surface area contributed by atoms with Gasteiger partial charge in [-0.3, -0.25) is 9.69 Å². The molecule has 0 unspecified atom stereocenters. The Kier molecular flexibility index (Phi) is 8.17. The number of aryl methyl sites for hydroxylation is 1. The van der Waals surface area contributed by atoms with Crippen LogP contribution in [-0.4, -0.2) is 63.0 Å². The molecule has 2 aliphatic rings. The van der Waals surface area contributed by atoms with E-state index in [1.807, 2.05) is 13.8 Å². The van der Waals surface area contributed by atoms with Crippen molar-refractivity contribution >= 4 is 16.9 Å². The number of ether oxygens (including phenoxy) is 1. The summed E-state index contributed by atoms with van der Waals surface area (Å²) in [6, 6.07) is 5.66. The topological polar surface area (TPSA) is 116 Å². The summed E-state index contributed by atoms with van der Waals surface area (Å²) in [7, 11) is 0. The summed E-state index contributed by atoms with van der Waals surface area (Å²) in [5.41, 5.74) is 3.81. The van der Waals surface area contributed by atoms with Gasteiger partial charge in [0.2, 0.25) is 5.95 Å². The lowest BCUT2D eigenvalue weighted by molar-refractivity contribution is -0.0136. The Hall–Kier alpha value is -3.39. The van der Waals surface area contributed by atoms with Gasteiger partial charge in [-0.15, -0.1) is 0 Å². The highest BCUT2D eigenvalue weighted by Gasteiger charge is 2.27. The minimum Gasteiger partial charge on any atom is -0.389 e. The molecule has 0 amide bonds. The largest absolute Gasteiger partial charge is 0.389 e. The van der Waals surface area contributed by atoms with Gasteiger partial charge in [0.15, 0.2) is 11.2 Å². The number of piperidine rings is 1. The molecule has 2 aromatic heterocycles. The number of aliphatic hydroxyl groups excluding tert-OH is 1. The summed E-state index contributed by atoms with van der Waals surface area (Å²) >= 11 is 0. The van der Waals surface area contributed by atoms with Gasteiger partial charge in [0.1, 0.15) is 5.69 Å². The van der Waals surface area contributed by atoms with Crippen LogP contribution in [0.1, 0.15) is 56.0 Å². The number of anilines is 1. The lowest BCUT2D eigenvalue weighted by Gasteiger charge is -2.32. The third-order valence-electron chi connectivity index (χ3n) is 8.20. The van der Waals surface area contributed by atoms with Crippen molar-refractivity contribution in [1.82, 2.24) is 19.4 Å². The van der Waals surface area contributed by atoms with E-state index in [0.29, 0.717) is 42.6 Å². The van der Waals surface area contributed by atoms with Crippen molar-refractivity contribution in [3.8, 4) is 17.3 Å². The molecule has 4 heterocycles. The molecule has 0 bridgehead atoms. The fraction of sp³-hybridized carbons (Fsp3) is 0.533. The van der Waals surface area contributed by atoms with Crippen LogP contribution in [0.5, 0.6) is 0 Å². The predicted molar refractivity (Wildman–Crippen MR) is 152 cm³/mol. The van der Waals surface area contributed by atoms with E-state index >= 15 is 4.39 Å². The second-order valence-electron chi connectivity index (χ2n) is 11.3. The quantitative estimate of drug-likeness (QED) is 0.473. The number of rotatable bonds is 6. The SMILES string of the molecule is Cc1c(CN2CCC[C@H](C#N)C2)n(C(C)C)c2c(C)c(-c3nc(N[C@@H]4CCOC[C@H]4O)ncc3F)ccc2c1=O. The normalized spacial score (nSPS) is 22.0. The van der Waals surface area contributed by atoms with Crippen LogP contribution in [0.15, 0.2) is 23.1 Å². The summed E-state index contributed by atoms with van der Waals surface area (Å²) in [4.78, 5) is 24.5. The summed E-state index contributed by atoms with van der Waals surface area (Å²) < 4.78 is 22.7. The molecule has 10 heteroatoms. The number of nitrogens with one attached hydrogen (secondary N) is 1. The minimum atomic E-state index is -0.710. The van der Waals surface area contributed by atoms with Crippen molar-refractivity contribution < 1.29 is 14.2 Å². The van der Waals surface area contributed by atoms with Gasteiger partial charge < -0.3 is 19.7 Å². The zero-order valence-electron chi connectivity index (χ0n) is 23.6. The van der Waals surface area contributed by atoms with Gasteiger partial charge >= 0.3 is 0 Å². The standard InChI is InChI=1S/C30H37FN6O3/c1-17(2)37-25(15-36-10-5-6-20(12-32)14-36)19(4)29(39)22-8-7-21(18(3)28(22)37)27-23(31)13-33-30(35-27)34-24-9-11-40-16-26(24)38/h7-8,13,17,20,24,26,38H,5-6,9-11,14-16H2,1-4H3,(H,33,34,35)/t20-,24-,26-/m1/s1. The van der Waals surface area contributed by atoms with Crippen molar-refractivity contribution in [2.24, 2.45) is 5.92 Å². The lowest BCUT2D eigenvalue weighted by atomic mass is 9.96. The first-order valence-electron chi connectivity index (χ1n) is 14.0. The highest BCUT2D eigenvalue weighted by atomic mass is 19.1. The zero-order valence-corrected chi connectivity index (χ0v) is 23.6. The van der Waals surface area contributed by atoms with Crippen LogP contribution in [0.3, 0.4) is 0 Å². The maximum Gasteiger partial charge on any atom is 0.223 e. The van der Waals surface area contributed by atoms with E-state index in [2.05, 4.69) is 44.7 Å². The second-order valence-corrected chi connectivity index (χ2v) is 11.3. The van der Waals surface area contributed by atoms with E-state index in [1.165, 1.54) is 0 Å². The molecule has 1 aromatic carbocycles. The molecule has 2 N–H and O–H groups in total. The van der Waals surface area contributed by atoms with Crippen LogP contribution in [0, 0.1) is 36.9 Å². The number of pyridine rings is 1. The molecular formula is C30H37FN6O3. The molecule has 0 saturated carbocycles. The smallest absolute Gasteiger partial charge is 0.223 e. The molecule has 2 saturated heterocycles. The van der Waals surface area contributed by atoms with Crippen molar-refractivity contribution in [3.05, 3.63) is 51.2 Å². The van der Waals surface area contributed by atoms with Crippen molar-refractivity contribution in [1.29, 1.82) is 5.26 Å². The van der Waals surface area contributed by atoms with E-state index in [9.17, 15) is 15.2 Å². The van der Waals surface area contributed by atoms with Crippen LogP contribution < -0.4 is 10.7 Å². The Morgan fingerprint density at radius 1 is 1.27 bits per heavy atom.